The second kappa shape index (κ2) is 5.90. The lowest BCUT2D eigenvalue weighted by Gasteiger charge is -2.21. The highest BCUT2D eigenvalue weighted by molar-refractivity contribution is 7.94. The molecule has 0 aliphatic heterocycles. The molecule has 0 saturated heterocycles. The van der Waals surface area contributed by atoms with Gasteiger partial charge in [-0.3, -0.25) is 4.31 Å². The summed E-state index contributed by atoms with van der Waals surface area (Å²) < 4.78 is 39.8. The molecule has 0 radical (unpaired) electrons. The summed E-state index contributed by atoms with van der Waals surface area (Å²) in [5.74, 6) is -0.468. The van der Waals surface area contributed by atoms with Crippen LogP contribution in [0.4, 0.5) is 10.1 Å². The minimum atomic E-state index is -3.68. The monoisotopic (exact) mass is 314 g/mol. The highest BCUT2D eigenvalue weighted by Crippen LogP contribution is 2.28. The van der Waals surface area contributed by atoms with Crippen molar-refractivity contribution in [3.05, 3.63) is 47.1 Å². The first kappa shape index (κ1) is 15.0. The SMILES string of the molecule is CCN(c1cccc(F)c1)S(=O)(=O)c1cc(CN)cs1. The molecule has 0 aliphatic carbocycles. The molecule has 0 fully saturated rings. The smallest absolute Gasteiger partial charge is 0.273 e. The van der Waals surface area contributed by atoms with Gasteiger partial charge in [-0.15, -0.1) is 11.3 Å². The van der Waals surface area contributed by atoms with Crippen molar-refractivity contribution in [2.24, 2.45) is 5.73 Å². The molecule has 0 atom stereocenters. The Morgan fingerprint density at radius 1 is 1.35 bits per heavy atom. The molecule has 1 aromatic carbocycles. The molecule has 7 heteroatoms. The fraction of sp³-hybridized carbons (Fsp3) is 0.231. The zero-order valence-electron chi connectivity index (χ0n) is 10.9. The summed E-state index contributed by atoms with van der Waals surface area (Å²) in [6.07, 6.45) is 0. The molecule has 0 bridgehead atoms. The number of rotatable bonds is 5. The second-order valence-electron chi connectivity index (χ2n) is 4.13. The lowest BCUT2D eigenvalue weighted by molar-refractivity contribution is 0.593. The molecule has 1 aromatic heterocycles. The third kappa shape index (κ3) is 2.84. The quantitative estimate of drug-likeness (QED) is 0.922. The topological polar surface area (TPSA) is 63.4 Å². The fourth-order valence-corrected chi connectivity index (χ4v) is 4.63. The van der Waals surface area contributed by atoms with Gasteiger partial charge in [-0.05, 0) is 42.1 Å². The number of benzene rings is 1. The summed E-state index contributed by atoms with van der Waals surface area (Å²) in [7, 11) is -3.68. The van der Waals surface area contributed by atoms with Gasteiger partial charge < -0.3 is 5.73 Å². The number of thiophene rings is 1. The van der Waals surface area contributed by atoms with Gasteiger partial charge in [-0.1, -0.05) is 6.07 Å². The van der Waals surface area contributed by atoms with Crippen LogP contribution in [-0.4, -0.2) is 15.0 Å². The third-order valence-electron chi connectivity index (χ3n) is 2.79. The van der Waals surface area contributed by atoms with Crippen molar-refractivity contribution in [1.29, 1.82) is 0 Å². The number of halogens is 1. The van der Waals surface area contributed by atoms with Gasteiger partial charge in [0.1, 0.15) is 10.0 Å². The lowest BCUT2D eigenvalue weighted by atomic mass is 10.3. The molecule has 0 aliphatic rings. The van der Waals surface area contributed by atoms with Crippen LogP contribution in [0.15, 0.2) is 39.9 Å². The Kier molecular flexibility index (Phi) is 4.42. The highest BCUT2D eigenvalue weighted by Gasteiger charge is 2.25. The molecular formula is C13H15FN2O2S2. The normalized spacial score (nSPS) is 11.6. The van der Waals surface area contributed by atoms with Crippen LogP contribution in [-0.2, 0) is 16.6 Å². The number of nitrogens with zero attached hydrogens (tertiary/aromatic N) is 1. The maximum absolute atomic E-state index is 13.3. The Labute approximate surface area is 121 Å². The predicted octanol–water partition coefficient (Wildman–Crippen LogP) is 2.56. The van der Waals surface area contributed by atoms with Gasteiger partial charge in [-0.2, -0.15) is 0 Å². The third-order valence-corrected chi connectivity index (χ3v) is 6.16. The lowest BCUT2D eigenvalue weighted by Crippen LogP contribution is -2.30. The molecule has 0 spiro atoms. The molecule has 108 valence electrons. The maximum Gasteiger partial charge on any atom is 0.273 e. The predicted molar refractivity (Wildman–Crippen MR) is 78.8 cm³/mol. The van der Waals surface area contributed by atoms with E-state index in [1.807, 2.05) is 0 Å². The van der Waals surface area contributed by atoms with Gasteiger partial charge in [-0.25, -0.2) is 12.8 Å². The summed E-state index contributed by atoms with van der Waals surface area (Å²) >= 11 is 1.12. The number of nitrogens with two attached hydrogens (primary N) is 1. The average Bonchev–Trinajstić information content (AvgIpc) is 2.89. The van der Waals surface area contributed by atoms with Crippen molar-refractivity contribution >= 4 is 27.0 Å². The molecule has 0 unspecified atom stereocenters. The van der Waals surface area contributed by atoms with Crippen molar-refractivity contribution in [3.63, 3.8) is 0 Å². The van der Waals surface area contributed by atoms with E-state index in [9.17, 15) is 12.8 Å². The van der Waals surface area contributed by atoms with Gasteiger partial charge in [0.25, 0.3) is 10.0 Å². The van der Waals surface area contributed by atoms with Gasteiger partial charge in [0.2, 0.25) is 0 Å². The Hall–Kier alpha value is -1.44. The summed E-state index contributed by atoms with van der Waals surface area (Å²) in [6.45, 7) is 2.22. The van der Waals surface area contributed by atoms with Crippen LogP contribution in [0, 0.1) is 5.82 Å². The van der Waals surface area contributed by atoms with Crippen molar-refractivity contribution < 1.29 is 12.8 Å². The zero-order valence-corrected chi connectivity index (χ0v) is 12.5. The van der Waals surface area contributed by atoms with E-state index in [1.54, 1.807) is 24.4 Å². The molecule has 2 N–H and O–H groups in total. The Morgan fingerprint density at radius 2 is 2.10 bits per heavy atom. The van der Waals surface area contributed by atoms with Crippen LogP contribution >= 0.6 is 11.3 Å². The van der Waals surface area contributed by atoms with Gasteiger partial charge >= 0.3 is 0 Å². The van der Waals surface area contributed by atoms with Crippen molar-refractivity contribution in [2.45, 2.75) is 17.7 Å². The van der Waals surface area contributed by atoms with Crippen LogP contribution in [0.3, 0.4) is 0 Å². The van der Waals surface area contributed by atoms with E-state index in [-0.39, 0.29) is 17.3 Å². The van der Waals surface area contributed by atoms with E-state index in [0.29, 0.717) is 5.69 Å². The standard InChI is InChI=1S/C13H15FN2O2S2/c1-2-16(12-5-3-4-11(14)7-12)20(17,18)13-6-10(8-15)9-19-13/h3-7,9H,2,8,15H2,1H3. The maximum atomic E-state index is 13.3. The van der Waals surface area contributed by atoms with Crippen LogP contribution in [0.25, 0.3) is 0 Å². The molecule has 1 heterocycles. The van der Waals surface area contributed by atoms with Gasteiger partial charge in [0.05, 0.1) is 5.69 Å². The Balaban J connectivity index is 2.44. The number of sulfonamides is 1. The van der Waals surface area contributed by atoms with Crippen LogP contribution in [0.1, 0.15) is 12.5 Å². The summed E-state index contributed by atoms with van der Waals surface area (Å²) in [6, 6.07) is 7.10. The van der Waals surface area contributed by atoms with Crippen molar-refractivity contribution in [1.82, 2.24) is 0 Å². The summed E-state index contributed by atoms with van der Waals surface area (Å²) in [4.78, 5) is 0. The number of hydrogen-bond acceptors (Lipinski definition) is 4. The first-order chi connectivity index (χ1) is 9.48. The number of hydrogen-bond donors (Lipinski definition) is 1. The first-order valence-electron chi connectivity index (χ1n) is 6.04. The Morgan fingerprint density at radius 3 is 2.65 bits per heavy atom. The van der Waals surface area contributed by atoms with Crippen LogP contribution in [0.5, 0.6) is 0 Å². The van der Waals surface area contributed by atoms with E-state index in [0.717, 1.165) is 16.9 Å². The molecule has 0 saturated carbocycles. The molecule has 4 nitrogen and oxygen atoms in total. The largest absolute Gasteiger partial charge is 0.326 e. The van der Waals surface area contributed by atoms with Crippen LogP contribution in [0.2, 0.25) is 0 Å². The van der Waals surface area contributed by atoms with Crippen molar-refractivity contribution in [2.75, 3.05) is 10.8 Å². The zero-order chi connectivity index (χ0) is 14.8. The molecular weight excluding hydrogens is 299 g/mol. The molecule has 2 aromatic rings. The molecule has 20 heavy (non-hydrogen) atoms. The summed E-state index contributed by atoms with van der Waals surface area (Å²) in [5.41, 5.74) is 6.58. The van der Waals surface area contributed by atoms with E-state index in [4.69, 9.17) is 5.73 Å². The molecule has 0 amide bonds. The van der Waals surface area contributed by atoms with Gasteiger partial charge in [0.15, 0.2) is 0 Å². The average molecular weight is 314 g/mol. The van der Waals surface area contributed by atoms with E-state index >= 15 is 0 Å². The van der Waals surface area contributed by atoms with E-state index in [2.05, 4.69) is 0 Å². The van der Waals surface area contributed by atoms with Crippen LogP contribution < -0.4 is 10.0 Å². The Bertz CT molecular complexity index is 698. The van der Waals surface area contributed by atoms with E-state index < -0.39 is 15.8 Å². The van der Waals surface area contributed by atoms with E-state index in [1.165, 1.54) is 22.5 Å². The van der Waals surface area contributed by atoms with Crippen molar-refractivity contribution in [3.8, 4) is 0 Å². The highest BCUT2D eigenvalue weighted by atomic mass is 32.2. The fourth-order valence-electron chi connectivity index (χ4n) is 1.83. The minimum absolute atomic E-state index is 0.212. The summed E-state index contributed by atoms with van der Waals surface area (Å²) in [5, 5.41) is 1.71. The minimum Gasteiger partial charge on any atom is -0.326 e. The van der Waals surface area contributed by atoms with Gasteiger partial charge in [0, 0.05) is 13.1 Å². The first-order valence-corrected chi connectivity index (χ1v) is 8.36. The number of anilines is 1. The second-order valence-corrected chi connectivity index (χ2v) is 7.13. The molecule has 2 rings (SSSR count).